The smallest absolute Gasteiger partial charge is 0.419 e. The Balaban J connectivity index is 2.11. The van der Waals surface area contributed by atoms with Crippen molar-refractivity contribution in [1.82, 2.24) is 0 Å². The summed E-state index contributed by atoms with van der Waals surface area (Å²) in [7, 11) is 0. The van der Waals surface area contributed by atoms with E-state index in [0.717, 1.165) is 18.9 Å². The first-order valence-corrected chi connectivity index (χ1v) is 6.08. The van der Waals surface area contributed by atoms with Crippen LogP contribution in [0.25, 0.3) is 0 Å². The lowest BCUT2D eigenvalue weighted by atomic mass is 9.99. The van der Waals surface area contributed by atoms with Gasteiger partial charge in [-0.1, -0.05) is 12.1 Å². The van der Waals surface area contributed by atoms with Crippen LogP contribution in [-0.4, -0.2) is 23.9 Å². The van der Waals surface area contributed by atoms with Gasteiger partial charge in [0.25, 0.3) is 0 Å². The van der Waals surface area contributed by atoms with Gasteiger partial charge in [-0.3, -0.25) is 0 Å². The molecule has 1 aliphatic rings. The van der Waals surface area contributed by atoms with Crippen molar-refractivity contribution in [3.63, 3.8) is 0 Å². The lowest BCUT2D eigenvalue weighted by molar-refractivity contribution is -0.139. The molecular formula is C13H16F3NO2. The van der Waals surface area contributed by atoms with Crippen molar-refractivity contribution in [2.75, 3.05) is 13.2 Å². The summed E-state index contributed by atoms with van der Waals surface area (Å²) in [5.74, 6) is -0.252. The minimum absolute atomic E-state index is 0.0220. The summed E-state index contributed by atoms with van der Waals surface area (Å²) < 4.78 is 43.4. The first kappa shape index (κ1) is 14.1. The molecule has 106 valence electrons. The van der Waals surface area contributed by atoms with E-state index < -0.39 is 17.3 Å². The molecule has 0 saturated heterocycles. The molecule has 0 amide bonds. The molecule has 1 aromatic rings. The summed E-state index contributed by atoms with van der Waals surface area (Å²) in [6.45, 7) is -0.243. The maximum absolute atomic E-state index is 12.8. The second kappa shape index (κ2) is 5.02. The van der Waals surface area contributed by atoms with Crippen molar-refractivity contribution < 1.29 is 23.0 Å². The van der Waals surface area contributed by atoms with Gasteiger partial charge in [0.05, 0.1) is 5.56 Å². The van der Waals surface area contributed by atoms with Gasteiger partial charge >= 0.3 is 6.18 Å². The summed E-state index contributed by atoms with van der Waals surface area (Å²) in [5, 5.41) is 10.2. The normalized spacial score (nSPS) is 19.0. The van der Waals surface area contributed by atoms with Crippen LogP contribution in [0.3, 0.4) is 0 Å². The van der Waals surface area contributed by atoms with Crippen molar-refractivity contribution >= 4 is 0 Å². The minimum atomic E-state index is -4.48. The molecule has 1 saturated carbocycles. The lowest BCUT2D eigenvalue weighted by Crippen LogP contribution is -2.45. The highest BCUT2D eigenvalue weighted by molar-refractivity contribution is 5.35. The minimum Gasteiger partial charge on any atom is -0.490 e. The SMILES string of the molecule is NCC(O)(COc1ccccc1C(F)(F)F)C1CC1. The van der Waals surface area contributed by atoms with Crippen LogP contribution in [-0.2, 0) is 6.18 Å². The van der Waals surface area contributed by atoms with Gasteiger partial charge in [-0.05, 0) is 30.9 Å². The van der Waals surface area contributed by atoms with Crippen LogP contribution in [0, 0.1) is 5.92 Å². The largest absolute Gasteiger partial charge is 0.490 e. The molecule has 6 heteroatoms. The molecule has 1 unspecified atom stereocenters. The molecule has 0 aromatic heterocycles. The van der Waals surface area contributed by atoms with Crippen LogP contribution >= 0.6 is 0 Å². The second-order valence-corrected chi connectivity index (χ2v) is 4.86. The zero-order valence-corrected chi connectivity index (χ0v) is 10.3. The molecule has 1 aromatic carbocycles. The van der Waals surface area contributed by atoms with E-state index >= 15 is 0 Å². The van der Waals surface area contributed by atoms with Crippen molar-refractivity contribution in [2.24, 2.45) is 11.7 Å². The van der Waals surface area contributed by atoms with Crippen molar-refractivity contribution in [2.45, 2.75) is 24.6 Å². The fourth-order valence-electron chi connectivity index (χ4n) is 1.99. The number of hydrogen-bond donors (Lipinski definition) is 2. The molecule has 19 heavy (non-hydrogen) atoms. The highest BCUT2D eigenvalue weighted by atomic mass is 19.4. The number of ether oxygens (including phenoxy) is 1. The highest BCUT2D eigenvalue weighted by Crippen LogP contribution is 2.40. The molecule has 0 radical (unpaired) electrons. The van der Waals surface area contributed by atoms with E-state index in [4.69, 9.17) is 10.5 Å². The van der Waals surface area contributed by atoms with Crippen molar-refractivity contribution in [1.29, 1.82) is 0 Å². The monoisotopic (exact) mass is 275 g/mol. The third-order valence-corrected chi connectivity index (χ3v) is 3.36. The van der Waals surface area contributed by atoms with E-state index in [1.165, 1.54) is 18.2 Å². The average molecular weight is 275 g/mol. The maximum Gasteiger partial charge on any atom is 0.419 e. The van der Waals surface area contributed by atoms with E-state index in [2.05, 4.69) is 0 Å². The van der Waals surface area contributed by atoms with Gasteiger partial charge in [0.1, 0.15) is 18.0 Å². The number of rotatable bonds is 5. The van der Waals surface area contributed by atoms with E-state index in [1.807, 2.05) is 0 Å². The number of para-hydroxylation sites is 1. The number of nitrogens with two attached hydrogens (primary N) is 1. The van der Waals surface area contributed by atoms with Gasteiger partial charge in [0, 0.05) is 6.54 Å². The number of aliphatic hydroxyl groups is 1. The molecule has 0 aliphatic heterocycles. The lowest BCUT2D eigenvalue weighted by Gasteiger charge is -2.27. The number of alkyl halides is 3. The Bertz CT molecular complexity index is 446. The van der Waals surface area contributed by atoms with Crippen LogP contribution in [0.15, 0.2) is 24.3 Å². The number of benzene rings is 1. The predicted molar refractivity (Wildman–Crippen MR) is 63.7 cm³/mol. The first-order chi connectivity index (χ1) is 8.87. The maximum atomic E-state index is 12.8. The van der Waals surface area contributed by atoms with Gasteiger partial charge in [0.15, 0.2) is 0 Å². The molecule has 1 atom stereocenters. The van der Waals surface area contributed by atoms with E-state index in [-0.39, 0.29) is 24.8 Å². The van der Waals surface area contributed by atoms with Crippen LogP contribution in [0.1, 0.15) is 18.4 Å². The second-order valence-electron chi connectivity index (χ2n) is 4.86. The summed E-state index contributed by atoms with van der Waals surface area (Å²) in [5.41, 5.74) is 3.40. The Hall–Kier alpha value is -1.27. The quantitative estimate of drug-likeness (QED) is 0.866. The van der Waals surface area contributed by atoms with Crippen molar-refractivity contribution in [3.8, 4) is 5.75 Å². The van der Waals surface area contributed by atoms with Crippen LogP contribution in [0.2, 0.25) is 0 Å². The summed E-state index contributed by atoms with van der Waals surface area (Å²) in [6, 6.07) is 4.95. The van der Waals surface area contributed by atoms with E-state index in [0.29, 0.717) is 0 Å². The molecule has 3 N–H and O–H groups in total. The third-order valence-electron chi connectivity index (χ3n) is 3.36. The van der Waals surface area contributed by atoms with E-state index in [1.54, 1.807) is 0 Å². The highest BCUT2D eigenvalue weighted by Gasteiger charge is 2.44. The zero-order chi connectivity index (χ0) is 14.1. The van der Waals surface area contributed by atoms with Gasteiger partial charge in [-0.2, -0.15) is 13.2 Å². The summed E-state index contributed by atoms with van der Waals surface area (Å²) in [6.07, 6.45) is -2.81. The summed E-state index contributed by atoms with van der Waals surface area (Å²) in [4.78, 5) is 0. The Kier molecular flexibility index (Phi) is 3.73. The predicted octanol–water partition coefficient (Wildman–Crippen LogP) is 2.18. The van der Waals surface area contributed by atoms with E-state index in [9.17, 15) is 18.3 Å². The van der Waals surface area contributed by atoms with Gasteiger partial charge in [-0.15, -0.1) is 0 Å². The average Bonchev–Trinajstić information content (AvgIpc) is 3.20. The fraction of sp³-hybridized carbons (Fsp3) is 0.538. The first-order valence-electron chi connectivity index (χ1n) is 6.08. The van der Waals surface area contributed by atoms with Crippen molar-refractivity contribution in [3.05, 3.63) is 29.8 Å². The van der Waals surface area contributed by atoms with Crippen LogP contribution in [0.4, 0.5) is 13.2 Å². The standard InChI is InChI=1S/C13H16F3NO2/c14-13(15,16)10-3-1-2-4-11(10)19-8-12(18,7-17)9-5-6-9/h1-4,9,18H,5-8,17H2. The Morgan fingerprint density at radius 3 is 2.42 bits per heavy atom. The molecule has 1 aliphatic carbocycles. The molecule has 2 rings (SSSR count). The Morgan fingerprint density at radius 2 is 1.89 bits per heavy atom. The Labute approximate surface area is 109 Å². The number of hydrogen-bond acceptors (Lipinski definition) is 3. The molecule has 0 spiro atoms. The zero-order valence-electron chi connectivity index (χ0n) is 10.3. The molecule has 3 nitrogen and oxygen atoms in total. The summed E-state index contributed by atoms with van der Waals surface area (Å²) >= 11 is 0. The third kappa shape index (κ3) is 3.19. The molecular weight excluding hydrogens is 259 g/mol. The van der Waals surface area contributed by atoms with Gasteiger partial charge < -0.3 is 15.6 Å². The number of halogens is 3. The Morgan fingerprint density at radius 1 is 1.26 bits per heavy atom. The van der Waals surface area contributed by atoms with Gasteiger partial charge in [0.2, 0.25) is 0 Å². The fourth-order valence-corrected chi connectivity index (χ4v) is 1.99. The molecule has 1 fully saturated rings. The molecule has 0 bridgehead atoms. The van der Waals surface area contributed by atoms with Crippen LogP contribution in [0.5, 0.6) is 5.75 Å². The van der Waals surface area contributed by atoms with Crippen LogP contribution < -0.4 is 10.5 Å². The van der Waals surface area contributed by atoms with Gasteiger partial charge in [-0.25, -0.2) is 0 Å². The molecule has 0 heterocycles. The topological polar surface area (TPSA) is 55.5 Å².